The summed E-state index contributed by atoms with van der Waals surface area (Å²) in [6, 6.07) is 0.306. The minimum atomic E-state index is -0.183. The number of amides is 1. The summed E-state index contributed by atoms with van der Waals surface area (Å²) in [7, 11) is 0. The van der Waals surface area contributed by atoms with Crippen LogP contribution in [-0.2, 0) is 9.53 Å². The standard InChI is InChI=1S/C10H18N2O2/c13-10(9-4-2-6-14-9)12-8-3-1-5-11-7-8/h8-9,11H,1-7H2,(H,12,13)/t8-,9+/m0/s1. The molecule has 0 aliphatic carbocycles. The fraction of sp³-hybridized carbons (Fsp3) is 0.900. The predicted molar refractivity (Wildman–Crippen MR) is 53.0 cm³/mol. The summed E-state index contributed by atoms with van der Waals surface area (Å²) in [4.78, 5) is 11.6. The number of ether oxygens (including phenoxy) is 1. The lowest BCUT2D eigenvalue weighted by molar-refractivity contribution is -0.130. The number of nitrogens with one attached hydrogen (secondary N) is 2. The van der Waals surface area contributed by atoms with Crippen LogP contribution in [0.1, 0.15) is 25.7 Å². The van der Waals surface area contributed by atoms with E-state index in [1.54, 1.807) is 0 Å². The van der Waals surface area contributed by atoms with Crippen LogP contribution in [0.15, 0.2) is 0 Å². The average Bonchev–Trinajstić information content (AvgIpc) is 2.72. The summed E-state index contributed by atoms with van der Waals surface area (Å²) in [6.45, 7) is 2.71. The van der Waals surface area contributed by atoms with Crippen LogP contribution in [0.3, 0.4) is 0 Å². The van der Waals surface area contributed by atoms with Crippen LogP contribution in [0.2, 0.25) is 0 Å². The van der Waals surface area contributed by atoms with Gasteiger partial charge in [0.05, 0.1) is 0 Å². The molecule has 0 bridgehead atoms. The molecule has 0 spiro atoms. The first kappa shape index (κ1) is 9.93. The Bertz CT molecular complexity index is 196. The monoisotopic (exact) mass is 198 g/mol. The summed E-state index contributed by atoms with van der Waals surface area (Å²) < 4.78 is 5.32. The third kappa shape index (κ3) is 2.45. The van der Waals surface area contributed by atoms with Crippen LogP contribution in [0.5, 0.6) is 0 Å². The molecule has 2 atom stereocenters. The Kier molecular flexibility index (Phi) is 3.37. The molecule has 1 amide bonds. The van der Waals surface area contributed by atoms with Crippen molar-refractivity contribution in [2.24, 2.45) is 0 Å². The largest absolute Gasteiger partial charge is 0.368 e. The van der Waals surface area contributed by atoms with Crippen LogP contribution in [0.25, 0.3) is 0 Å². The Morgan fingerprint density at radius 2 is 2.29 bits per heavy atom. The molecule has 0 unspecified atom stereocenters. The lowest BCUT2D eigenvalue weighted by atomic mass is 10.1. The van der Waals surface area contributed by atoms with E-state index in [0.29, 0.717) is 6.04 Å². The lowest BCUT2D eigenvalue weighted by Gasteiger charge is -2.24. The Morgan fingerprint density at radius 1 is 1.36 bits per heavy atom. The van der Waals surface area contributed by atoms with E-state index >= 15 is 0 Å². The van der Waals surface area contributed by atoms with Gasteiger partial charge in [0.1, 0.15) is 6.10 Å². The predicted octanol–water partition coefficient (Wildman–Crippen LogP) is 0.0336. The van der Waals surface area contributed by atoms with E-state index in [1.165, 1.54) is 0 Å². The van der Waals surface area contributed by atoms with Crippen molar-refractivity contribution in [2.45, 2.75) is 37.8 Å². The topological polar surface area (TPSA) is 50.4 Å². The minimum absolute atomic E-state index is 0.0798. The van der Waals surface area contributed by atoms with Crippen LogP contribution in [0.4, 0.5) is 0 Å². The van der Waals surface area contributed by atoms with Crippen molar-refractivity contribution in [2.75, 3.05) is 19.7 Å². The van der Waals surface area contributed by atoms with E-state index in [4.69, 9.17) is 4.74 Å². The van der Waals surface area contributed by atoms with Crippen LogP contribution in [0, 0.1) is 0 Å². The normalized spacial score (nSPS) is 32.9. The van der Waals surface area contributed by atoms with Crippen molar-refractivity contribution in [3.63, 3.8) is 0 Å². The van der Waals surface area contributed by atoms with Crippen LogP contribution >= 0.6 is 0 Å². The maximum Gasteiger partial charge on any atom is 0.249 e. The highest BCUT2D eigenvalue weighted by Gasteiger charge is 2.25. The van der Waals surface area contributed by atoms with Crippen LogP contribution in [-0.4, -0.2) is 37.7 Å². The van der Waals surface area contributed by atoms with Gasteiger partial charge in [0.2, 0.25) is 5.91 Å². The van der Waals surface area contributed by atoms with E-state index in [-0.39, 0.29) is 12.0 Å². The maximum absolute atomic E-state index is 11.6. The van der Waals surface area contributed by atoms with Gasteiger partial charge in [0.15, 0.2) is 0 Å². The first-order valence-corrected chi connectivity index (χ1v) is 5.49. The van der Waals surface area contributed by atoms with Crippen molar-refractivity contribution in [3.05, 3.63) is 0 Å². The first-order chi connectivity index (χ1) is 6.86. The van der Waals surface area contributed by atoms with Gasteiger partial charge in [-0.3, -0.25) is 4.79 Å². The van der Waals surface area contributed by atoms with Gasteiger partial charge >= 0.3 is 0 Å². The zero-order valence-electron chi connectivity index (χ0n) is 8.42. The number of rotatable bonds is 2. The summed E-state index contributed by atoms with van der Waals surface area (Å²) in [5, 5.41) is 6.31. The van der Waals surface area contributed by atoms with Gasteiger partial charge in [-0.2, -0.15) is 0 Å². The quantitative estimate of drug-likeness (QED) is 0.658. The smallest absolute Gasteiger partial charge is 0.249 e. The fourth-order valence-electron chi connectivity index (χ4n) is 2.05. The van der Waals surface area contributed by atoms with Gasteiger partial charge in [0.25, 0.3) is 0 Å². The average molecular weight is 198 g/mol. The molecule has 0 aromatic heterocycles. The fourth-order valence-corrected chi connectivity index (χ4v) is 2.05. The summed E-state index contributed by atoms with van der Waals surface area (Å²) in [5.41, 5.74) is 0. The Hall–Kier alpha value is -0.610. The molecule has 2 aliphatic rings. The third-order valence-corrected chi connectivity index (χ3v) is 2.87. The number of hydrogen-bond donors (Lipinski definition) is 2. The summed E-state index contributed by atoms with van der Waals surface area (Å²) in [5.74, 6) is 0.0798. The van der Waals surface area contributed by atoms with Gasteiger partial charge in [-0.15, -0.1) is 0 Å². The molecule has 0 aromatic carbocycles. The second-order valence-corrected chi connectivity index (χ2v) is 4.05. The van der Waals surface area contributed by atoms with Crippen molar-refractivity contribution >= 4 is 5.91 Å². The maximum atomic E-state index is 11.6. The Balaban J connectivity index is 1.75. The molecule has 14 heavy (non-hydrogen) atoms. The molecule has 0 radical (unpaired) electrons. The molecule has 2 fully saturated rings. The summed E-state index contributed by atoms with van der Waals surface area (Å²) >= 11 is 0. The van der Waals surface area contributed by atoms with Gasteiger partial charge in [-0.05, 0) is 32.2 Å². The highest BCUT2D eigenvalue weighted by atomic mass is 16.5. The molecule has 2 heterocycles. The molecule has 2 aliphatic heterocycles. The first-order valence-electron chi connectivity index (χ1n) is 5.49. The molecule has 2 rings (SSSR count). The third-order valence-electron chi connectivity index (χ3n) is 2.87. The van der Waals surface area contributed by atoms with E-state index < -0.39 is 0 Å². The zero-order chi connectivity index (χ0) is 9.80. The second kappa shape index (κ2) is 4.75. The SMILES string of the molecule is O=C(N[C@H]1CCCNC1)[C@H]1CCCO1. The number of carbonyl (C=O) groups is 1. The molecular formula is C10H18N2O2. The molecule has 80 valence electrons. The van der Waals surface area contributed by atoms with E-state index in [1.807, 2.05) is 0 Å². The number of hydrogen-bond acceptors (Lipinski definition) is 3. The second-order valence-electron chi connectivity index (χ2n) is 4.05. The number of carbonyl (C=O) groups excluding carboxylic acids is 1. The number of piperidine rings is 1. The van der Waals surface area contributed by atoms with E-state index in [0.717, 1.165) is 45.4 Å². The Labute approximate surface area is 84.4 Å². The van der Waals surface area contributed by atoms with Gasteiger partial charge in [-0.1, -0.05) is 0 Å². The van der Waals surface area contributed by atoms with Crippen molar-refractivity contribution in [1.82, 2.24) is 10.6 Å². The van der Waals surface area contributed by atoms with Crippen LogP contribution < -0.4 is 10.6 Å². The molecular weight excluding hydrogens is 180 g/mol. The Morgan fingerprint density at radius 3 is 2.93 bits per heavy atom. The zero-order valence-corrected chi connectivity index (χ0v) is 8.42. The van der Waals surface area contributed by atoms with Gasteiger partial charge in [0, 0.05) is 19.2 Å². The van der Waals surface area contributed by atoms with Crippen molar-refractivity contribution in [3.8, 4) is 0 Å². The molecule has 4 heteroatoms. The molecule has 0 saturated carbocycles. The van der Waals surface area contributed by atoms with E-state index in [9.17, 15) is 4.79 Å². The molecule has 2 N–H and O–H groups in total. The molecule has 4 nitrogen and oxygen atoms in total. The highest BCUT2D eigenvalue weighted by Crippen LogP contribution is 2.12. The van der Waals surface area contributed by atoms with E-state index in [2.05, 4.69) is 10.6 Å². The van der Waals surface area contributed by atoms with Crippen molar-refractivity contribution < 1.29 is 9.53 Å². The van der Waals surface area contributed by atoms with Gasteiger partial charge < -0.3 is 15.4 Å². The summed E-state index contributed by atoms with van der Waals surface area (Å²) in [6.07, 6.45) is 3.95. The minimum Gasteiger partial charge on any atom is -0.368 e. The molecule has 2 saturated heterocycles. The lowest BCUT2D eigenvalue weighted by Crippen LogP contribution is -2.48. The van der Waals surface area contributed by atoms with Gasteiger partial charge in [-0.25, -0.2) is 0 Å². The highest BCUT2D eigenvalue weighted by molar-refractivity contribution is 5.81. The van der Waals surface area contributed by atoms with Crippen molar-refractivity contribution in [1.29, 1.82) is 0 Å². The molecule has 0 aromatic rings.